The van der Waals surface area contributed by atoms with Gasteiger partial charge in [0.2, 0.25) is 0 Å². The van der Waals surface area contributed by atoms with Crippen molar-refractivity contribution in [2.24, 2.45) is 0 Å². The van der Waals surface area contributed by atoms with Crippen molar-refractivity contribution in [1.82, 2.24) is 4.90 Å². The molecule has 0 saturated carbocycles. The lowest BCUT2D eigenvalue weighted by Gasteiger charge is -2.35. The minimum absolute atomic E-state index is 0.484. The van der Waals surface area contributed by atoms with Crippen LogP contribution in [0.3, 0.4) is 0 Å². The molecular weight excluding hydrogens is 416 g/mol. The topological polar surface area (TPSA) is 6.48 Å². The second-order valence-electron chi connectivity index (χ2n) is 6.12. The van der Waals surface area contributed by atoms with Gasteiger partial charge in [0, 0.05) is 47.7 Å². The van der Waals surface area contributed by atoms with Crippen molar-refractivity contribution in [3.05, 3.63) is 48.0 Å². The van der Waals surface area contributed by atoms with Crippen LogP contribution >= 0.6 is 35.0 Å². The smallest absolute Gasteiger partial charge is 0.338 e. The van der Waals surface area contributed by atoms with Crippen LogP contribution in [-0.2, 0) is 6.18 Å². The van der Waals surface area contributed by atoms with E-state index in [4.69, 9.17) is 23.2 Å². The summed E-state index contributed by atoms with van der Waals surface area (Å²) >= 11 is 13.2. The highest BCUT2D eigenvalue weighted by Crippen LogP contribution is 2.49. The Balaban J connectivity index is 1.94. The van der Waals surface area contributed by atoms with E-state index in [-0.39, 0.29) is 0 Å². The molecule has 1 heterocycles. The van der Waals surface area contributed by atoms with Crippen LogP contribution in [0.5, 0.6) is 0 Å². The number of nitrogens with zero attached hydrogens (tertiary/aromatic N) is 2. The van der Waals surface area contributed by atoms with E-state index in [2.05, 4.69) is 4.90 Å². The molecule has 0 spiro atoms. The highest BCUT2D eigenvalue weighted by molar-refractivity contribution is 7.99. The van der Waals surface area contributed by atoms with Gasteiger partial charge in [-0.15, -0.1) is 23.2 Å². The second-order valence-corrected chi connectivity index (χ2v) is 7.96. The molecule has 3 rings (SSSR count). The molecule has 2 nitrogen and oxygen atoms in total. The predicted octanol–water partition coefficient (Wildman–Crippen LogP) is 6.09. The zero-order chi connectivity index (χ0) is 19.4. The normalized spacial score (nSPS) is 13.6. The first kappa shape index (κ1) is 20.6. The molecule has 1 aliphatic rings. The zero-order valence-corrected chi connectivity index (χ0v) is 16.8. The fourth-order valence-electron chi connectivity index (χ4n) is 3.06. The SMILES string of the molecule is FC(F)(F)c1ccc2c(c1)N(CCN(CCCl)CCCl)c1ccccc1S2. The summed E-state index contributed by atoms with van der Waals surface area (Å²) in [5, 5.41) is 0. The second kappa shape index (κ2) is 8.95. The molecule has 0 saturated heterocycles. The highest BCUT2D eigenvalue weighted by atomic mass is 35.5. The summed E-state index contributed by atoms with van der Waals surface area (Å²) in [5.41, 5.74) is 0.876. The molecule has 0 radical (unpaired) electrons. The van der Waals surface area contributed by atoms with Crippen LogP contribution in [0.4, 0.5) is 24.5 Å². The quantitative estimate of drug-likeness (QED) is 0.486. The lowest BCUT2D eigenvalue weighted by molar-refractivity contribution is -0.137. The number of benzene rings is 2. The minimum atomic E-state index is -4.37. The van der Waals surface area contributed by atoms with Gasteiger partial charge in [0.25, 0.3) is 0 Å². The molecule has 8 heteroatoms. The third kappa shape index (κ3) is 4.86. The fraction of sp³-hybridized carbons (Fsp3) is 0.368. The van der Waals surface area contributed by atoms with E-state index in [1.807, 2.05) is 29.2 Å². The number of anilines is 2. The summed E-state index contributed by atoms with van der Waals surface area (Å²) < 4.78 is 39.7. The Kier molecular flexibility index (Phi) is 6.84. The largest absolute Gasteiger partial charge is 0.416 e. The molecule has 0 N–H and O–H groups in total. The number of alkyl halides is 5. The van der Waals surface area contributed by atoms with Crippen molar-refractivity contribution >= 4 is 46.3 Å². The standard InChI is InChI=1S/C19H19Cl2F3N2S/c20-7-9-25(10-8-21)11-12-26-15-3-1-2-4-17(15)27-18-6-5-14(13-16(18)26)19(22,23)24/h1-6,13H,7-12H2. The van der Waals surface area contributed by atoms with E-state index in [0.29, 0.717) is 43.6 Å². The Morgan fingerprint density at radius 2 is 1.56 bits per heavy atom. The first-order valence-corrected chi connectivity index (χ1v) is 10.4. The zero-order valence-electron chi connectivity index (χ0n) is 14.5. The fourth-order valence-corrected chi connectivity index (χ4v) is 4.62. The molecule has 0 aromatic heterocycles. The molecule has 0 atom stereocenters. The molecule has 0 amide bonds. The van der Waals surface area contributed by atoms with Crippen LogP contribution in [0, 0.1) is 0 Å². The molecule has 2 aromatic rings. The Morgan fingerprint density at radius 1 is 0.889 bits per heavy atom. The summed E-state index contributed by atoms with van der Waals surface area (Å²) in [6, 6.07) is 11.7. The van der Waals surface area contributed by atoms with E-state index in [0.717, 1.165) is 21.5 Å². The van der Waals surface area contributed by atoms with Gasteiger partial charge in [-0.2, -0.15) is 13.2 Å². The Labute approximate surface area is 171 Å². The minimum Gasteiger partial charge on any atom is -0.338 e. The van der Waals surface area contributed by atoms with E-state index < -0.39 is 11.7 Å². The number of hydrogen-bond acceptors (Lipinski definition) is 3. The Hall–Kier alpha value is -1.08. The number of fused-ring (bicyclic) bond motifs is 2. The molecule has 0 fully saturated rings. The van der Waals surface area contributed by atoms with Crippen molar-refractivity contribution in [1.29, 1.82) is 0 Å². The Bertz CT molecular complexity index is 780. The van der Waals surface area contributed by atoms with E-state index in [9.17, 15) is 13.2 Å². The third-order valence-corrected chi connectivity index (χ3v) is 5.86. The molecule has 0 bridgehead atoms. The van der Waals surface area contributed by atoms with Crippen LogP contribution in [0.25, 0.3) is 0 Å². The van der Waals surface area contributed by atoms with Crippen LogP contribution in [0.1, 0.15) is 5.56 Å². The maximum absolute atomic E-state index is 13.2. The van der Waals surface area contributed by atoms with E-state index >= 15 is 0 Å². The number of para-hydroxylation sites is 1. The van der Waals surface area contributed by atoms with Gasteiger partial charge in [-0.3, -0.25) is 4.90 Å². The van der Waals surface area contributed by atoms with Gasteiger partial charge >= 0.3 is 6.18 Å². The maximum atomic E-state index is 13.2. The van der Waals surface area contributed by atoms with Crippen molar-refractivity contribution in [3.8, 4) is 0 Å². The maximum Gasteiger partial charge on any atom is 0.416 e. The summed E-state index contributed by atoms with van der Waals surface area (Å²) in [5.74, 6) is 0.969. The van der Waals surface area contributed by atoms with Gasteiger partial charge in [0.05, 0.1) is 16.9 Å². The molecular formula is C19H19Cl2F3N2S. The molecule has 0 unspecified atom stereocenters. The van der Waals surface area contributed by atoms with Gasteiger partial charge in [0.15, 0.2) is 0 Å². The van der Waals surface area contributed by atoms with Crippen molar-refractivity contribution < 1.29 is 13.2 Å². The summed E-state index contributed by atoms with van der Waals surface area (Å²) in [7, 11) is 0. The molecule has 146 valence electrons. The lowest BCUT2D eigenvalue weighted by atomic mass is 10.1. The average molecular weight is 435 g/mol. The number of rotatable bonds is 7. The van der Waals surface area contributed by atoms with Gasteiger partial charge in [-0.05, 0) is 30.3 Å². The van der Waals surface area contributed by atoms with Crippen LogP contribution in [-0.4, -0.2) is 42.8 Å². The van der Waals surface area contributed by atoms with E-state index in [1.165, 1.54) is 17.8 Å². The number of hydrogen-bond donors (Lipinski definition) is 0. The van der Waals surface area contributed by atoms with Gasteiger partial charge < -0.3 is 4.90 Å². The van der Waals surface area contributed by atoms with Crippen molar-refractivity contribution in [2.45, 2.75) is 16.0 Å². The molecule has 0 aliphatic carbocycles. The Morgan fingerprint density at radius 3 is 2.22 bits per heavy atom. The van der Waals surface area contributed by atoms with Gasteiger partial charge in [-0.25, -0.2) is 0 Å². The summed E-state index contributed by atoms with van der Waals surface area (Å²) in [4.78, 5) is 5.94. The number of halogens is 5. The van der Waals surface area contributed by atoms with Gasteiger partial charge in [-0.1, -0.05) is 23.9 Å². The van der Waals surface area contributed by atoms with Crippen LogP contribution in [0.15, 0.2) is 52.3 Å². The van der Waals surface area contributed by atoms with Crippen molar-refractivity contribution in [2.75, 3.05) is 42.8 Å². The average Bonchev–Trinajstić information content (AvgIpc) is 2.64. The molecule has 2 aromatic carbocycles. The van der Waals surface area contributed by atoms with Crippen molar-refractivity contribution in [3.63, 3.8) is 0 Å². The third-order valence-electron chi connectivity index (χ3n) is 4.39. The lowest BCUT2D eigenvalue weighted by Crippen LogP contribution is -2.36. The van der Waals surface area contributed by atoms with Gasteiger partial charge in [0.1, 0.15) is 0 Å². The predicted molar refractivity (Wildman–Crippen MR) is 107 cm³/mol. The summed E-state index contributed by atoms with van der Waals surface area (Å²) in [6.07, 6.45) is -4.37. The summed E-state index contributed by atoms with van der Waals surface area (Å²) in [6.45, 7) is 2.59. The van der Waals surface area contributed by atoms with Crippen LogP contribution in [0.2, 0.25) is 0 Å². The first-order valence-electron chi connectivity index (χ1n) is 8.54. The highest BCUT2D eigenvalue weighted by Gasteiger charge is 2.33. The monoisotopic (exact) mass is 434 g/mol. The molecule has 1 aliphatic heterocycles. The van der Waals surface area contributed by atoms with E-state index in [1.54, 1.807) is 6.07 Å². The molecule has 27 heavy (non-hydrogen) atoms. The van der Waals surface area contributed by atoms with Crippen LogP contribution < -0.4 is 4.90 Å². The first-order chi connectivity index (χ1) is 12.9.